The Morgan fingerprint density at radius 2 is 1.74 bits per heavy atom. The summed E-state index contributed by atoms with van der Waals surface area (Å²) in [6.45, 7) is 11.0. The number of rotatable bonds is 3. The van der Waals surface area contributed by atoms with Gasteiger partial charge in [0.15, 0.2) is 0 Å². The predicted octanol–water partition coefficient (Wildman–Crippen LogP) is 5.74. The molecule has 34 heavy (non-hydrogen) atoms. The summed E-state index contributed by atoms with van der Waals surface area (Å²) >= 11 is 5.61. The number of hydrogen-bond acceptors (Lipinski definition) is 4. The summed E-state index contributed by atoms with van der Waals surface area (Å²) in [5, 5.41) is 12.9. The molecule has 7 nitrogen and oxygen atoms in total. The topological polar surface area (TPSA) is 98.2 Å². The van der Waals surface area contributed by atoms with Gasteiger partial charge in [-0.2, -0.15) is 0 Å². The molecule has 3 rings (SSSR count). The van der Waals surface area contributed by atoms with Gasteiger partial charge < -0.3 is 20.9 Å². The van der Waals surface area contributed by atoms with Crippen molar-refractivity contribution in [1.29, 1.82) is 5.41 Å². The molecule has 0 atom stereocenters. The van der Waals surface area contributed by atoms with E-state index in [4.69, 9.17) is 17.0 Å². The molecule has 1 saturated heterocycles. The molecule has 0 unspecified atom stereocenters. The lowest BCUT2D eigenvalue weighted by Crippen LogP contribution is -2.49. The zero-order valence-corrected chi connectivity index (χ0v) is 21.2. The van der Waals surface area contributed by atoms with Gasteiger partial charge in [0.05, 0.1) is 5.02 Å². The van der Waals surface area contributed by atoms with Crippen LogP contribution in [0.25, 0.3) is 0 Å². The lowest BCUT2D eigenvalue weighted by Gasteiger charge is -2.35. The van der Waals surface area contributed by atoms with Gasteiger partial charge in [-0.25, -0.2) is 9.18 Å². The number of halogens is 2. The van der Waals surface area contributed by atoms with Crippen LogP contribution in [-0.4, -0.2) is 47.2 Å². The number of piperidine rings is 1. The summed E-state index contributed by atoms with van der Waals surface area (Å²) < 4.78 is 12.8. The Bertz CT molecular complexity index is 924. The number of anilines is 1. The molecule has 3 amide bonds. The summed E-state index contributed by atoms with van der Waals surface area (Å²) in [6, 6.07) is 7.05. The van der Waals surface area contributed by atoms with E-state index in [2.05, 4.69) is 15.6 Å². The summed E-state index contributed by atoms with van der Waals surface area (Å²) in [5.74, 6) is -0.196. The molecule has 0 spiro atoms. The van der Waals surface area contributed by atoms with E-state index in [0.29, 0.717) is 29.4 Å². The van der Waals surface area contributed by atoms with Crippen molar-refractivity contribution in [2.75, 3.05) is 18.4 Å². The smallest absolute Gasteiger partial charge is 0.319 e. The Kier molecular flexibility index (Phi) is 12.2. The molecular weight excluding hydrogens is 457 g/mol. The van der Waals surface area contributed by atoms with Gasteiger partial charge in [-0.3, -0.25) is 9.78 Å². The van der Waals surface area contributed by atoms with Crippen molar-refractivity contribution >= 4 is 35.4 Å². The zero-order valence-electron chi connectivity index (χ0n) is 20.5. The minimum atomic E-state index is -0.375. The van der Waals surface area contributed by atoms with E-state index in [0.717, 1.165) is 12.8 Å². The molecule has 1 aromatic carbocycles. The third-order valence-corrected chi connectivity index (χ3v) is 5.14. The maximum Gasteiger partial charge on any atom is 0.319 e. The lowest BCUT2D eigenvalue weighted by atomic mass is 9.93. The second kappa shape index (κ2) is 14.3. The Labute approximate surface area is 206 Å². The number of carbonyl (C=O) groups is 2. The van der Waals surface area contributed by atoms with Crippen LogP contribution in [0.5, 0.6) is 0 Å². The zero-order chi connectivity index (χ0) is 25.7. The molecule has 3 N–H and O–H groups in total. The number of urea groups is 1. The molecule has 0 radical (unpaired) electrons. The van der Waals surface area contributed by atoms with E-state index in [9.17, 15) is 14.0 Å². The van der Waals surface area contributed by atoms with Crippen LogP contribution in [0.15, 0.2) is 42.7 Å². The Morgan fingerprint density at radius 3 is 2.21 bits per heavy atom. The molecule has 1 aromatic heterocycles. The second-order valence-corrected chi connectivity index (χ2v) is 8.87. The van der Waals surface area contributed by atoms with Gasteiger partial charge in [0.1, 0.15) is 5.82 Å². The van der Waals surface area contributed by atoms with Crippen molar-refractivity contribution in [2.45, 2.75) is 53.5 Å². The normalized spacial score (nSPS) is 13.4. The highest BCUT2D eigenvalue weighted by Crippen LogP contribution is 2.21. The molecule has 1 aliphatic rings. The van der Waals surface area contributed by atoms with Gasteiger partial charge in [0, 0.05) is 54.4 Å². The number of pyridine rings is 1. The van der Waals surface area contributed by atoms with E-state index >= 15 is 0 Å². The van der Waals surface area contributed by atoms with Crippen LogP contribution >= 0.6 is 11.6 Å². The average Bonchev–Trinajstić information content (AvgIpc) is 2.82. The maximum atomic E-state index is 12.8. The van der Waals surface area contributed by atoms with Gasteiger partial charge >= 0.3 is 6.03 Å². The quantitative estimate of drug-likeness (QED) is 0.477. The number of carbonyl (C=O) groups excluding carboxylic acids is 2. The summed E-state index contributed by atoms with van der Waals surface area (Å²) in [7, 11) is 0. The van der Waals surface area contributed by atoms with E-state index < -0.39 is 0 Å². The number of aromatic nitrogens is 1. The molecule has 2 aromatic rings. The van der Waals surface area contributed by atoms with Crippen LogP contribution in [0.4, 0.5) is 14.9 Å². The predicted molar refractivity (Wildman–Crippen MR) is 136 cm³/mol. The summed E-state index contributed by atoms with van der Waals surface area (Å²) in [5.41, 5.74) is 0.871. The van der Waals surface area contributed by atoms with Gasteiger partial charge in [-0.1, -0.05) is 46.2 Å². The van der Waals surface area contributed by atoms with Crippen LogP contribution in [-0.2, 0) is 4.79 Å². The number of nitrogens with one attached hydrogen (secondary N) is 3. The van der Waals surface area contributed by atoms with Gasteiger partial charge in [-0.05, 0) is 43.2 Å². The van der Waals surface area contributed by atoms with E-state index in [-0.39, 0.29) is 29.2 Å². The molecule has 9 heteroatoms. The number of likely N-dealkylation sites (tertiary alicyclic amines) is 1. The maximum absolute atomic E-state index is 12.8. The van der Waals surface area contributed by atoms with Crippen LogP contribution in [0.2, 0.25) is 5.02 Å². The number of amides is 3. The third-order valence-electron chi connectivity index (χ3n) is 4.82. The van der Waals surface area contributed by atoms with Crippen molar-refractivity contribution in [2.24, 2.45) is 5.41 Å². The first-order valence-electron chi connectivity index (χ1n) is 11.3. The summed E-state index contributed by atoms with van der Waals surface area (Å²) in [6.07, 6.45) is 5.79. The molecule has 1 fully saturated rings. The number of hydrogen-bond donors (Lipinski definition) is 3. The fourth-order valence-electron chi connectivity index (χ4n) is 3.09. The Hall–Kier alpha value is -3.00. The van der Waals surface area contributed by atoms with Crippen molar-refractivity contribution in [3.63, 3.8) is 0 Å². The van der Waals surface area contributed by atoms with E-state index in [1.54, 1.807) is 12.3 Å². The minimum Gasteiger partial charge on any atom is -0.342 e. The van der Waals surface area contributed by atoms with Gasteiger partial charge in [0.25, 0.3) is 0 Å². The van der Waals surface area contributed by atoms with Crippen molar-refractivity contribution in [3.05, 3.63) is 59.1 Å². The molecular formula is C25H35ClFN5O2. The Balaban J connectivity index is 0.000000437. The van der Waals surface area contributed by atoms with Crippen molar-refractivity contribution in [1.82, 2.24) is 15.2 Å². The first-order valence-corrected chi connectivity index (χ1v) is 11.7. The Morgan fingerprint density at radius 1 is 1.15 bits per heavy atom. The van der Waals surface area contributed by atoms with Crippen LogP contribution in [0.3, 0.4) is 0 Å². The molecule has 1 aliphatic heterocycles. The van der Waals surface area contributed by atoms with Crippen molar-refractivity contribution < 1.29 is 14.0 Å². The van der Waals surface area contributed by atoms with Gasteiger partial charge in [-0.15, -0.1) is 0 Å². The molecule has 0 aliphatic carbocycles. The van der Waals surface area contributed by atoms with Gasteiger partial charge in [0.2, 0.25) is 5.91 Å². The fourth-order valence-corrected chi connectivity index (χ4v) is 3.26. The second-order valence-electron chi connectivity index (χ2n) is 8.46. The van der Waals surface area contributed by atoms with E-state index in [1.807, 2.05) is 39.5 Å². The van der Waals surface area contributed by atoms with Crippen LogP contribution < -0.4 is 10.6 Å². The SMILES string of the molecule is CC.CC(C)(C)C(=O)N1CCC(NC(=O)Nc2ccc(F)cc2)CC1.N=Cc1ccncc1Cl. The third kappa shape index (κ3) is 9.87. The molecule has 0 saturated carbocycles. The highest BCUT2D eigenvalue weighted by molar-refractivity contribution is 6.32. The fraction of sp³-hybridized carbons (Fsp3) is 0.440. The highest BCUT2D eigenvalue weighted by Gasteiger charge is 2.30. The summed E-state index contributed by atoms with van der Waals surface area (Å²) in [4.78, 5) is 29.8. The van der Waals surface area contributed by atoms with E-state index in [1.165, 1.54) is 36.7 Å². The monoisotopic (exact) mass is 491 g/mol. The molecule has 2 heterocycles. The first kappa shape index (κ1) is 29.0. The van der Waals surface area contributed by atoms with Crippen molar-refractivity contribution in [3.8, 4) is 0 Å². The minimum absolute atomic E-state index is 0.0412. The average molecular weight is 492 g/mol. The number of nitrogens with zero attached hydrogens (tertiary/aromatic N) is 2. The first-order chi connectivity index (χ1) is 16.1. The largest absolute Gasteiger partial charge is 0.342 e. The lowest BCUT2D eigenvalue weighted by molar-refractivity contribution is -0.140. The van der Waals surface area contributed by atoms with Crippen LogP contribution in [0, 0.1) is 16.6 Å². The highest BCUT2D eigenvalue weighted by atomic mass is 35.5. The number of benzene rings is 1. The molecule has 0 bridgehead atoms. The standard InChI is InChI=1S/C17H24FN3O2.C6H5ClN2.C2H6/c1-17(2,3)15(22)21-10-8-14(9-11-21)20-16(23)19-13-6-4-12(18)5-7-13;7-6-4-9-2-1-5(6)3-8;1-2/h4-7,14H,8-11H2,1-3H3,(H2,19,20,23);1-4,8H;1-2H3. The molecule has 186 valence electrons. The van der Waals surface area contributed by atoms with Crippen LogP contribution in [0.1, 0.15) is 53.0 Å².